The van der Waals surface area contributed by atoms with Crippen LogP contribution < -0.4 is 0 Å². The van der Waals surface area contributed by atoms with E-state index < -0.39 is 5.60 Å². The van der Waals surface area contributed by atoms with Crippen molar-refractivity contribution in [2.24, 2.45) is 5.41 Å². The van der Waals surface area contributed by atoms with E-state index in [0.717, 1.165) is 0 Å². The van der Waals surface area contributed by atoms with Crippen molar-refractivity contribution in [1.82, 2.24) is 0 Å². The van der Waals surface area contributed by atoms with Gasteiger partial charge in [0.15, 0.2) is 0 Å². The first-order valence-corrected chi connectivity index (χ1v) is 5.67. The van der Waals surface area contributed by atoms with Gasteiger partial charge in [-0.05, 0) is 36.1 Å². The molecular formula is C13H18ClFO. The fraction of sp³-hybridized carbons (Fsp3) is 0.538. The van der Waals surface area contributed by atoms with Gasteiger partial charge in [-0.3, -0.25) is 0 Å². The van der Waals surface area contributed by atoms with Gasteiger partial charge >= 0.3 is 0 Å². The molecular weight excluding hydrogens is 227 g/mol. The first-order chi connectivity index (χ1) is 7.13. The van der Waals surface area contributed by atoms with Crippen LogP contribution in [-0.2, 0) is 6.42 Å². The summed E-state index contributed by atoms with van der Waals surface area (Å²) in [6, 6.07) is 4.40. The van der Waals surface area contributed by atoms with Crippen LogP contribution in [0.4, 0.5) is 4.39 Å². The Morgan fingerprint density at radius 1 is 1.25 bits per heavy atom. The lowest BCUT2D eigenvalue weighted by Gasteiger charge is -2.37. The van der Waals surface area contributed by atoms with E-state index in [0.29, 0.717) is 10.6 Å². The fourth-order valence-corrected chi connectivity index (χ4v) is 1.51. The highest BCUT2D eigenvalue weighted by Gasteiger charge is 2.35. The summed E-state index contributed by atoms with van der Waals surface area (Å²) in [5.41, 5.74) is -0.840. The quantitative estimate of drug-likeness (QED) is 0.839. The maximum absolute atomic E-state index is 13.5. The summed E-state index contributed by atoms with van der Waals surface area (Å²) in [5.74, 6) is -0.325. The van der Waals surface area contributed by atoms with Crippen molar-refractivity contribution in [2.75, 3.05) is 0 Å². The maximum Gasteiger partial charge on any atom is 0.126 e. The molecule has 0 spiro atoms. The molecule has 1 atom stereocenters. The zero-order valence-corrected chi connectivity index (χ0v) is 10.9. The van der Waals surface area contributed by atoms with Crippen LogP contribution in [0.15, 0.2) is 18.2 Å². The molecule has 1 rings (SSSR count). The molecule has 0 amide bonds. The molecule has 16 heavy (non-hydrogen) atoms. The smallest absolute Gasteiger partial charge is 0.126 e. The first-order valence-electron chi connectivity index (χ1n) is 5.30. The number of hydrogen-bond donors (Lipinski definition) is 1. The highest BCUT2D eigenvalue weighted by atomic mass is 35.5. The Kier molecular flexibility index (Phi) is 3.65. The average molecular weight is 245 g/mol. The van der Waals surface area contributed by atoms with Crippen LogP contribution >= 0.6 is 11.6 Å². The minimum Gasteiger partial charge on any atom is -0.389 e. The van der Waals surface area contributed by atoms with E-state index >= 15 is 0 Å². The topological polar surface area (TPSA) is 20.2 Å². The van der Waals surface area contributed by atoms with Crippen molar-refractivity contribution in [3.8, 4) is 0 Å². The highest BCUT2D eigenvalue weighted by molar-refractivity contribution is 6.30. The third-order valence-corrected chi connectivity index (χ3v) is 3.39. The van der Waals surface area contributed by atoms with Crippen LogP contribution in [0.2, 0.25) is 5.02 Å². The van der Waals surface area contributed by atoms with Gasteiger partial charge in [0.05, 0.1) is 5.60 Å². The fourth-order valence-electron chi connectivity index (χ4n) is 1.31. The van der Waals surface area contributed by atoms with Crippen LogP contribution in [0.5, 0.6) is 0 Å². The Morgan fingerprint density at radius 3 is 2.31 bits per heavy atom. The molecule has 0 radical (unpaired) electrons. The highest BCUT2D eigenvalue weighted by Crippen LogP contribution is 2.33. The van der Waals surface area contributed by atoms with Crippen molar-refractivity contribution < 1.29 is 9.50 Å². The molecule has 1 aromatic rings. The van der Waals surface area contributed by atoms with Crippen LogP contribution in [0.25, 0.3) is 0 Å². The van der Waals surface area contributed by atoms with Gasteiger partial charge in [0.1, 0.15) is 5.82 Å². The number of halogens is 2. The molecule has 3 heteroatoms. The predicted molar refractivity (Wildman–Crippen MR) is 65.2 cm³/mol. The second kappa shape index (κ2) is 4.34. The van der Waals surface area contributed by atoms with E-state index in [2.05, 4.69) is 0 Å². The maximum atomic E-state index is 13.5. The number of benzene rings is 1. The zero-order chi connectivity index (χ0) is 12.6. The predicted octanol–water partition coefficient (Wildman–Crippen LogP) is 3.82. The summed E-state index contributed by atoms with van der Waals surface area (Å²) in [6.07, 6.45) is 0.253. The van der Waals surface area contributed by atoms with E-state index in [9.17, 15) is 9.50 Å². The molecule has 0 bridgehead atoms. The molecule has 0 aliphatic rings. The monoisotopic (exact) mass is 244 g/mol. The molecule has 0 aliphatic carbocycles. The van der Waals surface area contributed by atoms with E-state index in [1.54, 1.807) is 13.0 Å². The van der Waals surface area contributed by atoms with Gasteiger partial charge in [-0.2, -0.15) is 0 Å². The Bertz CT molecular complexity index is 380. The minimum absolute atomic E-state index is 0.253. The van der Waals surface area contributed by atoms with Crippen LogP contribution in [0.3, 0.4) is 0 Å². The van der Waals surface area contributed by atoms with E-state index in [1.165, 1.54) is 12.1 Å². The van der Waals surface area contributed by atoms with Crippen LogP contribution in [0.1, 0.15) is 33.3 Å². The van der Waals surface area contributed by atoms with Crippen molar-refractivity contribution >= 4 is 11.6 Å². The first kappa shape index (κ1) is 13.5. The van der Waals surface area contributed by atoms with Crippen molar-refractivity contribution in [1.29, 1.82) is 0 Å². The SMILES string of the molecule is CC(C)(C)C(C)(O)Cc1cc(Cl)ccc1F. The van der Waals surface area contributed by atoms with Gasteiger partial charge in [0.25, 0.3) is 0 Å². The number of rotatable bonds is 2. The standard InChI is InChI=1S/C13H18ClFO/c1-12(2,3)13(4,16)8-9-7-10(14)5-6-11(9)15/h5-7,16H,8H2,1-4H3. The zero-order valence-electron chi connectivity index (χ0n) is 10.1. The normalized spacial score (nSPS) is 15.9. The third kappa shape index (κ3) is 2.96. The summed E-state index contributed by atoms with van der Waals surface area (Å²) in [4.78, 5) is 0. The summed E-state index contributed by atoms with van der Waals surface area (Å²) in [5, 5.41) is 10.8. The summed E-state index contributed by atoms with van der Waals surface area (Å²) in [7, 11) is 0. The second-order valence-electron chi connectivity index (χ2n) is 5.44. The van der Waals surface area contributed by atoms with Gasteiger partial charge in [-0.15, -0.1) is 0 Å². The average Bonchev–Trinajstić information content (AvgIpc) is 2.09. The summed E-state index contributed by atoms with van der Waals surface area (Å²) >= 11 is 5.81. The van der Waals surface area contributed by atoms with E-state index in [-0.39, 0.29) is 17.7 Å². The molecule has 0 fully saturated rings. The molecule has 0 heterocycles. The Hall–Kier alpha value is -0.600. The molecule has 0 aliphatic heterocycles. The van der Waals surface area contributed by atoms with Gasteiger partial charge in [0, 0.05) is 11.4 Å². The van der Waals surface area contributed by atoms with E-state index in [4.69, 9.17) is 11.6 Å². The van der Waals surface area contributed by atoms with Crippen LogP contribution in [0, 0.1) is 11.2 Å². The molecule has 1 N–H and O–H groups in total. The molecule has 90 valence electrons. The summed E-state index contributed by atoms with van der Waals surface area (Å²) in [6.45, 7) is 7.49. The third-order valence-electron chi connectivity index (χ3n) is 3.16. The minimum atomic E-state index is -0.974. The molecule has 0 saturated carbocycles. The second-order valence-corrected chi connectivity index (χ2v) is 5.87. The molecule has 1 nitrogen and oxygen atoms in total. The summed E-state index contributed by atoms with van der Waals surface area (Å²) < 4.78 is 13.5. The molecule has 0 saturated heterocycles. The lowest BCUT2D eigenvalue weighted by Crippen LogP contribution is -2.41. The Labute approximate surface area is 101 Å². The van der Waals surface area contributed by atoms with Gasteiger partial charge < -0.3 is 5.11 Å². The lowest BCUT2D eigenvalue weighted by atomic mass is 9.74. The molecule has 1 aromatic carbocycles. The Balaban J connectivity index is 3.01. The van der Waals surface area contributed by atoms with E-state index in [1.807, 2.05) is 20.8 Å². The van der Waals surface area contributed by atoms with Crippen molar-refractivity contribution in [3.05, 3.63) is 34.6 Å². The van der Waals surface area contributed by atoms with Crippen molar-refractivity contribution in [2.45, 2.75) is 39.7 Å². The Morgan fingerprint density at radius 2 is 1.81 bits per heavy atom. The van der Waals surface area contributed by atoms with Crippen LogP contribution in [-0.4, -0.2) is 10.7 Å². The van der Waals surface area contributed by atoms with Gasteiger partial charge in [-0.1, -0.05) is 32.4 Å². The number of aliphatic hydroxyl groups is 1. The number of hydrogen-bond acceptors (Lipinski definition) is 1. The largest absolute Gasteiger partial charge is 0.389 e. The molecule has 0 aromatic heterocycles. The lowest BCUT2D eigenvalue weighted by molar-refractivity contribution is -0.0411. The van der Waals surface area contributed by atoms with Gasteiger partial charge in [0.2, 0.25) is 0 Å². The molecule has 1 unspecified atom stereocenters. The van der Waals surface area contributed by atoms with Crippen molar-refractivity contribution in [3.63, 3.8) is 0 Å². The van der Waals surface area contributed by atoms with Gasteiger partial charge in [-0.25, -0.2) is 4.39 Å².